The van der Waals surface area contributed by atoms with Crippen molar-refractivity contribution in [1.82, 2.24) is 10.3 Å². The third-order valence-corrected chi connectivity index (χ3v) is 4.74. The SMILES string of the molecule is NC(=O)c1nc(-c2c(F)cccc2F)oc1Nc1ccc(OC2CCNCC2)cc1. The molecule has 1 fully saturated rings. The predicted molar refractivity (Wildman–Crippen MR) is 107 cm³/mol. The van der Waals surface area contributed by atoms with E-state index in [-0.39, 0.29) is 23.6 Å². The first-order chi connectivity index (χ1) is 14.5. The number of benzene rings is 2. The van der Waals surface area contributed by atoms with E-state index in [9.17, 15) is 13.6 Å². The molecule has 4 rings (SSSR count). The molecule has 1 amide bonds. The van der Waals surface area contributed by atoms with Crippen LogP contribution in [0.25, 0.3) is 11.5 Å². The number of nitrogens with two attached hydrogens (primary N) is 1. The highest BCUT2D eigenvalue weighted by Gasteiger charge is 2.23. The zero-order valence-corrected chi connectivity index (χ0v) is 16.0. The largest absolute Gasteiger partial charge is 0.490 e. The molecule has 156 valence electrons. The van der Waals surface area contributed by atoms with Gasteiger partial charge in [-0.15, -0.1) is 0 Å². The Balaban J connectivity index is 1.55. The van der Waals surface area contributed by atoms with Gasteiger partial charge in [0, 0.05) is 5.69 Å². The fourth-order valence-electron chi connectivity index (χ4n) is 3.23. The van der Waals surface area contributed by atoms with Gasteiger partial charge in [-0.2, -0.15) is 0 Å². The van der Waals surface area contributed by atoms with Gasteiger partial charge in [0.15, 0.2) is 5.69 Å². The summed E-state index contributed by atoms with van der Waals surface area (Å²) in [6.07, 6.45) is 2.05. The summed E-state index contributed by atoms with van der Waals surface area (Å²) in [5.74, 6) is -2.39. The lowest BCUT2D eigenvalue weighted by atomic mass is 10.1. The highest BCUT2D eigenvalue weighted by Crippen LogP contribution is 2.31. The summed E-state index contributed by atoms with van der Waals surface area (Å²) >= 11 is 0. The molecule has 9 heteroatoms. The molecule has 0 aliphatic carbocycles. The van der Waals surface area contributed by atoms with E-state index in [1.54, 1.807) is 24.3 Å². The summed E-state index contributed by atoms with van der Waals surface area (Å²) in [6.45, 7) is 1.85. The standard InChI is InChI=1S/C21H20F2N4O3/c22-15-2-1-3-16(23)17(15)20-27-18(19(24)28)21(30-20)26-12-4-6-13(7-5-12)29-14-8-10-25-11-9-14/h1-7,14,25-26H,8-11H2,(H2,24,28). The third-order valence-electron chi connectivity index (χ3n) is 4.74. The second-order valence-corrected chi connectivity index (χ2v) is 6.87. The fraction of sp³-hybridized carbons (Fsp3) is 0.238. The number of oxazole rings is 1. The van der Waals surface area contributed by atoms with E-state index in [4.69, 9.17) is 14.9 Å². The number of carbonyl (C=O) groups is 1. The molecule has 0 saturated carbocycles. The van der Waals surface area contributed by atoms with Crippen LogP contribution in [0.15, 0.2) is 46.9 Å². The summed E-state index contributed by atoms with van der Waals surface area (Å²) in [5.41, 5.74) is 5.18. The van der Waals surface area contributed by atoms with Gasteiger partial charge >= 0.3 is 0 Å². The Bertz CT molecular complexity index is 1030. The highest BCUT2D eigenvalue weighted by atomic mass is 19.1. The second kappa shape index (κ2) is 8.50. The molecule has 0 radical (unpaired) electrons. The van der Waals surface area contributed by atoms with Crippen LogP contribution in [0.3, 0.4) is 0 Å². The number of hydrogen-bond donors (Lipinski definition) is 3. The molecule has 0 unspecified atom stereocenters. The Labute approximate surface area is 171 Å². The number of piperidine rings is 1. The van der Waals surface area contributed by atoms with Gasteiger partial charge in [0.1, 0.15) is 29.1 Å². The topological polar surface area (TPSA) is 102 Å². The van der Waals surface area contributed by atoms with Crippen LogP contribution in [0.5, 0.6) is 5.75 Å². The number of nitrogens with one attached hydrogen (secondary N) is 2. The maximum atomic E-state index is 14.0. The average molecular weight is 414 g/mol. The molecule has 2 aromatic carbocycles. The Morgan fingerprint density at radius 1 is 1.13 bits per heavy atom. The lowest BCUT2D eigenvalue weighted by molar-refractivity contribution is 0.0996. The van der Waals surface area contributed by atoms with E-state index in [2.05, 4.69) is 15.6 Å². The van der Waals surface area contributed by atoms with Crippen LogP contribution < -0.4 is 21.1 Å². The van der Waals surface area contributed by atoms with Gasteiger partial charge in [0.05, 0.1) is 0 Å². The molecule has 1 aliphatic rings. The minimum absolute atomic E-state index is 0.104. The Morgan fingerprint density at radius 3 is 2.43 bits per heavy atom. The van der Waals surface area contributed by atoms with Crippen LogP contribution in [0.2, 0.25) is 0 Å². The van der Waals surface area contributed by atoms with Crippen molar-refractivity contribution in [2.24, 2.45) is 5.73 Å². The number of aromatic nitrogens is 1. The van der Waals surface area contributed by atoms with Crippen molar-refractivity contribution in [3.63, 3.8) is 0 Å². The van der Waals surface area contributed by atoms with Gasteiger partial charge in [-0.1, -0.05) is 6.07 Å². The van der Waals surface area contributed by atoms with E-state index in [1.807, 2.05) is 0 Å². The van der Waals surface area contributed by atoms with E-state index in [1.165, 1.54) is 6.07 Å². The first-order valence-electron chi connectivity index (χ1n) is 9.51. The van der Waals surface area contributed by atoms with Gasteiger partial charge in [-0.25, -0.2) is 13.8 Å². The number of halogens is 2. The molecular formula is C21H20F2N4O3. The number of rotatable bonds is 6. The van der Waals surface area contributed by atoms with Crippen molar-refractivity contribution >= 4 is 17.5 Å². The van der Waals surface area contributed by atoms with Crippen molar-refractivity contribution in [2.75, 3.05) is 18.4 Å². The first kappa shape index (κ1) is 19.8. The average Bonchev–Trinajstić information content (AvgIpc) is 3.14. The summed E-state index contributed by atoms with van der Waals surface area (Å²) < 4.78 is 39.5. The van der Waals surface area contributed by atoms with Gasteiger partial charge in [0.2, 0.25) is 11.8 Å². The lowest BCUT2D eigenvalue weighted by Crippen LogP contribution is -2.34. The molecule has 1 saturated heterocycles. The minimum atomic E-state index is -0.893. The Hall–Kier alpha value is -3.46. The van der Waals surface area contributed by atoms with Crippen LogP contribution in [-0.2, 0) is 0 Å². The van der Waals surface area contributed by atoms with Crippen LogP contribution in [-0.4, -0.2) is 30.1 Å². The van der Waals surface area contributed by atoms with Crippen LogP contribution in [0.4, 0.5) is 20.4 Å². The van der Waals surface area contributed by atoms with Gasteiger partial charge < -0.3 is 25.5 Å². The van der Waals surface area contributed by atoms with E-state index < -0.39 is 23.1 Å². The zero-order chi connectivity index (χ0) is 21.1. The number of ether oxygens (including phenoxy) is 1. The molecule has 0 atom stereocenters. The lowest BCUT2D eigenvalue weighted by Gasteiger charge is -2.23. The fourth-order valence-corrected chi connectivity index (χ4v) is 3.23. The Morgan fingerprint density at radius 2 is 1.80 bits per heavy atom. The minimum Gasteiger partial charge on any atom is -0.490 e. The van der Waals surface area contributed by atoms with Crippen molar-refractivity contribution < 1.29 is 22.7 Å². The molecule has 1 aromatic heterocycles. The zero-order valence-electron chi connectivity index (χ0n) is 16.0. The summed E-state index contributed by atoms with van der Waals surface area (Å²) in [4.78, 5) is 15.6. The van der Waals surface area contributed by atoms with Crippen molar-refractivity contribution in [3.05, 3.63) is 59.8 Å². The molecule has 3 aromatic rings. The third kappa shape index (κ3) is 4.25. The summed E-state index contributed by atoms with van der Waals surface area (Å²) in [5, 5.41) is 6.15. The number of hydrogen-bond acceptors (Lipinski definition) is 6. The molecule has 1 aliphatic heterocycles. The summed E-state index contributed by atoms with van der Waals surface area (Å²) in [6, 6.07) is 10.4. The highest BCUT2D eigenvalue weighted by molar-refractivity contribution is 5.96. The van der Waals surface area contributed by atoms with Gasteiger partial charge in [-0.3, -0.25) is 4.79 Å². The van der Waals surface area contributed by atoms with Crippen LogP contribution in [0.1, 0.15) is 23.3 Å². The Kier molecular flexibility index (Phi) is 5.62. The number of anilines is 2. The van der Waals surface area contributed by atoms with E-state index in [0.29, 0.717) is 11.4 Å². The normalized spacial score (nSPS) is 14.5. The van der Waals surface area contributed by atoms with Gasteiger partial charge in [-0.05, 0) is 62.3 Å². The van der Waals surface area contributed by atoms with Gasteiger partial charge in [0.25, 0.3) is 5.91 Å². The number of primary amides is 1. The molecular weight excluding hydrogens is 394 g/mol. The number of carbonyl (C=O) groups excluding carboxylic acids is 1. The van der Waals surface area contributed by atoms with Crippen LogP contribution >= 0.6 is 0 Å². The molecule has 0 bridgehead atoms. The molecule has 0 spiro atoms. The second-order valence-electron chi connectivity index (χ2n) is 6.87. The smallest absolute Gasteiger partial charge is 0.273 e. The number of amides is 1. The van der Waals surface area contributed by atoms with E-state index >= 15 is 0 Å². The van der Waals surface area contributed by atoms with Crippen LogP contribution in [0, 0.1) is 11.6 Å². The molecule has 7 nitrogen and oxygen atoms in total. The molecule has 2 heterocycles. The van der Waals surface area contributed by atoms with Crippen molar-refractivity contribution in [2.45, 2.75) is 18.9 Å². The maximum Gasteiger partial charge on any atom is 0.273 e. The van der Waals surface area contributed by atoms with Crippen molar-refractivity contribution in [3.8, 4) is 17.2 Å². The summed E-state index contributed by atoms with van der Waals surface area (Å²) in [7, 11) is 0. The predicted octanol–water partition coefficient (Wildman–Crippen LogP) is 3.59. The quantitative estimate of drug-likeness (QED) is 0.570. The first-order valence-corrected chi connectivity index (χ1v) is 9.51. The monoisotopic (exact) mass is 414 g/mol. The van der Waals surface area contributed by atoms with E-state index in [0.717, 1.165) is 38.1 Å². The molecule has 30 heavy (non-hydrogen) atoms. The number of nitrogens with zero attached hydrogens (tertiary/aromatic N) is 1. The maximum absolute atomic E-state index is 14.0. The van der Waals surface area contributed by atoms with Crippen molar-refractivity contribution in [1.29, 1.82) is 0 Å². The molecule has 4 N–H and O–H groups in total.